The van der Waals surface area contributed by atoms with E-state index in [4.69, 9.17) is 9.84 Å². The summed E-state index contributed by atoms with van der Waals surface area (Å²) in [5.74, 6) is 0.754. The van der Waals surface area contributed by atoms with Crippen molar-refractivity contribution in [3.05, 3.63) is 12.0 Å². The Morgan fingerprint density at radius 1 is 1.45 bits per heavy atom. The Bertz CT molecular complexity index is 538. The maximum Gasteiger partial charge on any atom is 0.307 e. The predicted molar refractivity (Wildman–Crippen MR) is 72.9 cm³/mol. The highest BCUT2D eigenvalue weighted by Crippen LogP contribution is 2.59. The standard InChI is InChI=1S/C14H19N3O3/c1-9-11(20-2)12(16-8-15-9)17-5-3-14(4-6-17)7-10(14)13(18)19/h8,10H,3-7H2,1-2H3,(H,18,19). The molecular formula is C14H19N3O3. The van der Waals surface area contributed by atoms with E-state index in [0.29, 0.717) is 5.75 Å². The lowest BCUT2D eigenvalue weighted by Gasteiger charge is -2.34. The third-order valence-corrected chi connectivity index (χ3v) is 4.71. The number of carboxylic acid groups (broad SMARTS) is 1. The summed E-state index contributed by atoms with van der Waals surface area (Å²) in [4.78, 5) is 21.7. The van der Waals surface area contributed by atoms with Crippen molar-refractivity contribution in [3.8, 4) is 5.75 Å². The molecule has 0 bridgehead atoms. The first kappa shape index (κ1) is 13.1. The van der Waals surface area contributed by atoms with Gasteiger partial charge in [-0.05, 0) is 31.6 Å². The lowest BCUT2D eigenvalue weighted by Crippen LogP contribution is -2.36. The number of aliphatic carboxylic acids is 1. The van der Waals surface area contributed by atoms with E-state index in [1.807, 2.05) is 6.92 Å². The number of hydrogen-bond donors (Lipinski definition) is 1. The van der Waals surface area contributed by atoms with Crippen molar-refractivity contribution in [2.24, 2.45) is 11.3 Å². The van der Waals surface area contributed by atoms with Crippen molar-refractivity contribution < 1.29 is 14.6 Å². The summed E-state index contributed by atoms with van der Waals surface area (Å²) in [6.07, 6.45) is 4.21. The Morgan fingerprint density at radius 3 is 2.70 bits per heavy atom. The summed E-state index contributed by atoms with van der Waals surface area (Å²) in [5.41, 5.74) is 0.866. The minimum absolute atomic E-state index is 0.0393. The first-order valence-electron chi connectivity index (χ1n) is 6.91. The molecule has 1 N–H and O–H groups in total. The van der Waals surface area contributed by atoms with Gasteiger partial charge in [-0.3, -0.25) is 4.79 Å². The number of carbonyl (C=O) groups is 1. The number of nitrogens with zero attached hydrogens (tertiary/aromatic N) is 3. The molecule has 2 aliphatic rings. The van der Waals surface area contributed by atoms with Crippen molar-refractivity contribution in [1.29, 1.82) is 0 Å². The van der Waals surface area contributed by atoms with Crippen LogP contribution in [0.15, 0.2) is 6.33 Å². The molecule has 20 heavy (non-hydrogen) atoms. The summed E-state index contributed by atoms with van der Waals surface area (Å²) < 4.78 is 5.40. The molecule has 1 saturated carbocycles. The van der Waals surface area contributed by atoms with Crippen LogP contribution < -0.4 is 9.64 Å². The van der Waals surface area contributed by atoms with Gasteiger partial charge in [0.15, 0.2) is 11.6 Å². The van der Waals surface area contributed by atoms with Crippen LogP contribution in [0.3, 0.4) is 0 Å². The molecule has 1 spiro atoms. The van der Waals surface area contributed by atoms with Crippen LogP contribution in [-0.2, 0) is 4.79 Å². The van der Waals surface area contributed by atoms with Gasteiger partial charge in [-0.15, -0.1) is 0 Å². The fourth-order valence-electron chi connectivity index (χ4n) is 3.33. The molecule has 1 aliphatic carbocycles. The van der Waals surface area contributed by atoms with Crippen molar-refractivity contribution in [2.45, 2.75) is 26.2 Å². The molecule has 1 aliphatic heterocycles. The largest absolute Gasteiger partial charge is 0.491 e. The first-order valence-corrected chi connectivity index (χ1v) is 6.91. The van der Waals surface area contributed by atoms with Gasteiger partial charge < -0.3 is 14.7 Å². The van der Waals surface area contributed by atoms with Gasteiger partial charge in [0.2, 0.25) is 0 Å². The molecule has 0 aromatic carbocycles. The van der Waals surface area contributed by atoms with Crippen LogP contribution in [0.4, 0.5) is 5.82 Å². The SMILES string of the molecule is COc1c(C)ncnc1N1CCC2(CC1)CC2C(=O)O. The van der Waals surface area contributed by atoms with Gasteiger partial charge >= 0.3 is 5.97 Å². The Balaban J connectivity index is 1.73. The topological polar surface area (TPSA) is 75.6 Å². The second kappa shape index (κ2) is 4.61. The van der Waals surface area contributed by atoms with Gasteiger partial charge in [-0.2, -0.15) is 0 Å². The number of aromatic nitrogens is 2. The fourth-order valence-corrected chi connectivity index (χ4v) is 3.33. The Kier molecular flexibility index (Phi) is 3.03. The van der Waals surface area contributed by atoms with E-state index in [2.05, 4.69) is 14.9 Å². The zero-order chi connectivity index (χ0) is 14.3. The summed E-state index contributed by atoms with van der Waals surface area (Å²) in [7, 11) is 1.63. The smallest absolute Gasteiger partial charge is 0.307 e. The molecule has 1 atom stereocenters. The monoisotopic (exact) mass is 277 g/mol. The van der Waals surface area contributed by atoms with Gasteiger partial charge in [-0.1, -0.05) is 0 Å². The Morgan fingerprint density at radius 2 is 2.15 bits per heavy atom. The summed E-state index contributed by atoms with van der Waals surface area (Å²) in [6.45, 7) is 3.56. The highest BCUT2D eigenvalue weighted by molar-refractivity contribution is 5.75. The molecule has 3 rings (SSSR count). The van der Waals surface area contributed by atoms with E-state index in [0.717, 1.165) is 43.9 Å². The highest BCUT2D eigenvalue weighted by Gasteiger charge is 2.59. The Labute approximate surface area is 117 Å². The zero-order valence-corrected chi connectivity index (χ0v) is 11.8. The highest BCUT2D eigenvalue weighted by atomic mass is 16.5. The average Bonchev–Trinajstić information content (AvgIpc) is 3.14. The van der Waals surface area contributed by atoms with Gasteiger partial charge in [0.05, 0.1) is 18.7 Å². The van der Waals surface area contributed by atoms with Crippen molar-refractivity contribution in [2.75, 3.05) is 25.1 Å². The van der Waals surface area contributed by atoms with Crippen LogP contribution in [-0.4, -0.2) is 41.2 Å². The molecule has 1 saturated heterocycles. The second-order valence-corrected chi connectivity index (χ2v) is 5.76. The summed E-state index contributed by atoms with van der Waals surface area (Å²) in [5, 5.41) is 9.12. The third-order valence-electron chi connectivity index (χ3n) is 4.71. The minimum Gasteiger partial charge on any atom is -0.491 e. The number of methoxy groups -OCH3 is 1. The zero-order valence-electron chi connectivity index (χ0n) is 11.8. The number of carboxylic acids is 1. The van der Waals surface area contributed by atoms with Gasteiger partial charge in [0, 0.05) is 13.1 Å². The number of aryl methyl sites for hydroxylation is 1. The number of hydrogen-bond acceptors (Lipinski definition) is 5. The summed E-state index contributed by atoms with van der Waals surface area (Å²) >= 11 is 0. The number of ether oxygens (including phenoxy) is 1. The number of anilines is 1. The van der Waals surface area contributed by atoms with Crippen molar-refractivity contribution in [1.82, 2.24) is 9.97 Å². The van der Waals surface area contributed by atoms with E-state index < -0.39 is 5.97 Å². The van der Waals surface area contributed by atoms with Gasteiger partial charge in [-0.25, -0.2) is 9.97 Å². The van der Waals surface area contributed by atoms with Crippen LogP contribution >= 0.6 is 0 Å². The van der Waals surface area contributed by atoms with Crippen LogP contribution in [0.5, 0.6) is 5.75 Å². The molecule has 6 nitrogen and oxygen atoms in total. The molecule has 0 radical (unpaired) electrons. The van der Waals surface area contributed by atoms with Crippen molar-refractivity contribution >= 4 is 11.8 Å². The lowest BCUT2D eigenvalue weighted by molar-refractivity contribution is -0.139. The van der Waals surface area contributed by atoms with E-state index in [1.54, 1.807) is 13.4 Å². The second-order valence-electron chi connectivity index (χ2n) is 5.76. The third kappa shape index (κ3) is 1.99. The minimum atomic E-state index is -0.645. The van der Waals surface area contributed by atoms with Crippen LogP contribution in [0.25, 0.3) is 0 Å². The predicted octanol–water partition coefficient (Wildman–Crippen LogP) is 1.48. The number of rotatable bonds is 3. The molecule has 108 valence electrons. The molecule has 2 fully saturated rings. The molecular weight excluding hydrogens is 258 g/mol. The molecule has 6 heteroatoms. The average molecular weight is 277 g/mol. The lowest BCUT2D eigenvalue weighted by atomic mass is 9.91. The first-order chi connectivity index (χ1) is 9.57. The quantitative estimate of drug-likeness (QED) is 0.902. The number of piperidine rings is 1. The van der Waals surface area contributed by atoms with Crippen LogP contribution in [0, 0.1) is 18.3 Å². The maximum atomic E-state index is 11.1. The van der Waals surface area contributed by atoms with Gasteiger partial charge in [0.25, 0.3) is 0 Å². The normalized spacial score (nSPS) is 23.7. The molecule has 1 aromatic rings. The van der Waals surface area contributed by atoms with Crippen molar-refractivity contribution in [3.63, 3.8) is 0 Å². The van der Waals surface area contributed by atoms with E-state index in [9.17, 15) is 4.79 Å². The van der Waals surface area contributed by atoms with Crippen LogP contribution in [0.2, 0.25) is 0 Å². The van der Waals surface area contributed by atoms with E-state index in [-0.39, 0.29) is 11.3 Å². The van der Waals surface area contributed by atoms with E-state index >= 15 is 0 Å². The molecule has 1 unspecified atom stereocenters. The van der Waals surface area contributed by atoms with E-state index in [1.165, 1.54) is 0 Å². The molecule has 1 aromatic heterocycles. The molecule has 2 heterocycles. The fraction of sp³-hybridized carbons (Fsp3) is 0.643. The maximum absolute atomic E-state index is 11.1. The van der Waals surface area contributed by atoms with Gasteiger partial charge in [0.1, 0.15) is 6.33 Å². The molecule has 0 amide bonds. The van der Waals surface area contributed by atoms with Crippen LogP contribution in [0.1, 0.15) is 25.0 Å². The summed E-state index contributed by atoms with van der Waals surface area (Å²) in [6, 6.07) is 0. The Hall–Kier alpha value is -1.85.